The molecule has 0 atom stereocenters. The normalized spacial score (nSPS) is 11.9. The second-order valence-corrected chi connectivity index (χ2v) is 7.89. The molecule has 0 aliphatic carbocycles. The van der Waals surface area contributed by atoms with Gasteiger partial charge in [0.05, 0.1) is 11.4 Å². The Hall–Kier alpha value is -3.34. The summed E-state index contributed by atoms with van der Waals surface area (Å²) in [6, 6.07) is 7.53. The van der Waals surface area contributed by atoms with Crippen LogP contribution in [0.25, 0.3) is 0 Å². The fourth-order valence-corrected chi connectivity index (χ4v) is 2.28. The van der Waals surface area contributed by atoms with E-state index >= 15 is 0 Å². The molecular weight excluding hydrogens is 399 g/mol. The minimum atomic E-state index is -0.772. The van der Waals surface area contributed by atoms with Crippen LogP contribution in [0.3, 0.4) is 0 Å². The van der Waals surface area contributed by atoms with Gasteiger partial charge in [0, 0.05) is 17.1 Å². The van der Waals surface area contributed by atoms with Gasteiger partial charge >= 0.3 is 0 Å². The van der Waals surface area contributed by atoms with Crippen molar-refractivity contribution in [3.63, 3.8) is 0 Å². The average molecular weight is 439 g/mol. The Bertz CT molecular complexity index is 895. The molecule has 1 aromatic rings. The zero-order chi connectivity index (χ0) is 24.9. The molecule has 32 heavy (non-hydrogen) atoms. The van der Waals surface area contributed by atoms with Gasteiger partial charge in [0.15, 0.2) is 0 Å². The van der Waals surface area contributed by atoms with E-state index in [9.17, 15) is 4.39 Å². The lowest BCUT2D eigenvalue weighted by molar-refractivity contribution is 0.503. The third kappa shape index (κ3) is 11.2. The van der Waals surface area contributed by atoms with E-state index in [-0.39, 0.29) is 5.41 Å². The Morgan fingerprint density at radius 1 is 0.969 bits per heavy atom. The van der Waals surface area contributed by atoms with E-state index in [2.05, 4.69) is 75.0 Å². The summed E-state index contributed by atoms with van der Waals surface area (Å²) in [5.41, 5.74) is 4.56. The highest BCUT2D eigenvalue weighted by molar-refractivity contribution is 6.10. The first-order valence-electron chi connectivity index (χ1n) is 10.6. The minimum Gasteiger partial charge on any atom is -0.354 e. The fourth-order valence-electron chi connectivity index (χ4n) is 2.28. The molecule has 0 fully saturated rings. The number of aliphatic imine (C=N–C) groups is 1. The zero-order valence-corrected chi connectivity index (χ0v) is 20.7. The van der Waals surface area contributed by atoms with E-state index in [1.54, 1.807) is 12.2 Å². The van der Waals surface area contributed by atoms with Crippen LogP contribution in [-0.2, 0) is 0 Å². The largest absolute Gasteiger partial charge is 0.354 e. The Balaban J connectivity index is 0.00000466. The van der Waals surface area contributed by atoms with Gasteiger partial charge in [-0.2, -0.15) is 4.39 Å². The number of halogens is 1. The molecule has 1 aromatic carbocycles. The van der Waals surface area contributed by atoms with Crippen LogP contribution in [0.5, 0.6) is 0 Å². The van der Waals surface area contributed by atoms with Gasteiger partial charge in [-0.3, -0.25) is 0 Å². The first-order chi connectivity index (χ1) is 14.9. The Morgan fingerprint density at radius 2 is 1.47 bits per heavy atom. The molecule has 0 aliphatic rings. The van der Waals surface area contributed by atoms with Gasteiger partial charge in [0.1, 0.15) is 5.82 Å². The summed E-state index contributed by atoms with van der Waals surface area (Å²) in [6.45, 7) is 29.5. The van der Waals surface area contributed by atoms with E-state index < -0.39 is 5.95 Å². The minimum absolute atomic E-state index is 0.0845. The topological polar surface area (TPSA) is 48.5 Å². The van der Waals surface area contributed by atoms with Crippen molar-refractivity contribution in [2.24, 2.45) is 10.4 Å². The zero-order valence-electron chi connectivity index (χ0n) is 20.7. The second-order valence-electron chi connectivity index (χ2n) is 7.89. The lowest BCUT2D eigenvalue weighted by atomic mass is 9.87. The predicted molar refractivity (Wildman–Crippen MR) is 141 cm³/mol. The molecule has 0 heterocycles. The van der Waals surface area contributed by atoms with Gasteiger partial charge in [0.2, 0.25) is 5.95 Å². The van der Waals surface area contributed by atoms with Crippen molar-refractivity contribution in [2.45, 2.75) is 48.5 Å². The molecule has 0 aromatic heterocycles. The molecule has 0 unspecified atom stereocenters. The molecule has 0 bridgehead atoms. The molecule has 0 spiro atoms. The third-order valence-electron chi connectivity index (χ3n) is 4.24. The highest BCUT2D eigenvalue weighted by Gasteiger charge is 2.12. The summed E-state index contributed by atoms with van der Waals surface area (Å²) in [4.78, 5) is 3.74. The first kappa shape index (κ1) is 28.7. The predicted octanol–water partition coefficient (Wildman–Crippen LogP) is 8.08. The Labute approximate surface area is 194 Å². The van der Waals surface area contributed by atoms with E-state index in [4.69, 9.17) is 0 Å². The van der Waals surface area contributed by atoms with Crippen LogP contribution in [0.2, 0.25) is 0 Å². The Kier molecular flexibility index (Phi) is 12.4. The summed E-state index contributed by atoms with van der Waals surface area (Å²) in [5, 5.41) is 9.45. The molecule has 1 rings (SSSR count). The number of hydrogen-bond donors (Lipinski definition) is 3. The Morgan fingerprint density at radius 3 is 1.91 bits per heavy atom. The van der Waals surface area contributed by atoms with Crippen LogP contribution in [0.1, 0.15) is 48.5 Å². The lowest BCUT2D eigenvalue weighted by Gasteiger charge is -2.20. The third-order valence-corrected chi connectivity index (χ3v) is 4.24. The molecule has 0 saturated carbocycles. The lowest BCUT2D eigenvalue weighted by Crippen LogP contribution is -2.17. The number of hydrogen-bond acceptors (Lipinski definition) is 4. The molecule has 0 amide bonds. The van der Waals surface area contributed by atoms with Gasteiger partial charge in [0.25, 0.3) is 0 Å². The highest BCUT2D eigenvalue weighted by atomic mass is 19.1. The van der Waals surface area contributed by atoms with Crippen LogP contribution >= 0.6 is 0 Å². The molecule has 0 aliphatic heterocycles. The first-order valence-corrected chi connectivity index (χ1v) is 10.6. The van der Waals surface area contributed by atoms with Crippen molar-refractivity contribution in [1.82, 2.24) is 5.32 Å². The maximum atomic E-state index is 13.0. The van der Waals surface area contributed by atoms with Crippen molar-refractivity contribution >= 4 is 17.1 Å². The average Bonchev–Trinajstić information content (AvgIpc) is 2.69. The smallest absolute Gasteiger partial charge is 0.206 e. The number of allylic oxidation sites excluding steroid dienone is 4. The van der Waals surface area contributed by atoms with E-state index in [0.717, 1.165) is 17.1 Å². The highest BCUT2D eigenvalue weighted by Crippen LogP contribution is 2.25. The van der Waals surface area contributed by atoms with Crippen molar-refractivity contribution in [3.05, 3.63) is 97.5 Å². The summed E-state index contributed by atoms with van der Waals surface area (Å²) in [6.07, 6.45) is 5.43. The number of anilines is 2. The molecular formula is C27H39FN4. The monoisotopic (exact) mass is 438 g/mol. The van der Waals surface area contributed by atoms with Gasteiger partial charge in [-0.25, -0.2) is 4.99 Å². The molecule has 3 N–H and O–H groups in total. The van der Waals surface area contributed by atoms with Crippen molar-refractivity contribution in [2.75, 3.05) is 10.6 Å². The van der Waals surface area contributed by atoms with Crippen LogP contribution in [0.4, 0.5) is 15.8 Å². The maximum Gasteiger partial charge on any atom is 0.206 e. The molecule has 174 valence electrons. The molecule has 4 nitrogen and oxygen atoms in total. The van der Waals surface area contributed by atoms with E-state index in [0.29, 0.717) is 17.2 Å². The van der Waals surface area contributed by atoms with Crippen LogP contribution in [0.15, 0.2) is 103 Å². The van der Waals surface area contributed by atoms with Crippen LogP contribution < -0.4 is 16.0 Å². The van der Waals surface area contributed by atoms with Gasteiger partial charge in [-0.15, -0.1) is 0 Å². The van der Waals surface area contributed by atoms with Crippen molar-refractivity contribution < 1.29 is 4.39 Å². The maximum absolute atomic E-state index is 13.0. The molecule has 0 radical (unpaired) electrons. The van der Waals surface area contributed by atoms with Crippen LogP contribution in [0, 0.1) is 5.41 Å². The summed E-state index contributed by atoms with van der Waals surface area (Å²) < 4.78 is 13.0. The fraction of sp³-hybridized carbons (Fsp3) is 0.296. The summed E-state index contributed by atoms with van der Waals surface area (Å²) >= 11 is 0. The van der Waals surface area contributed by atoms with Gasteiger partial charge < -0.3 is 16.0 Å². The number of benzene rings is 1. The van der Waals surface area contributed by atoms with Gasteiger partial charge in [-0.05, 0) is 62.3 Å². The molecule has 5 heteroatoms. The van der Waals surface area contributed by atoms with Crippen molar-refractivity contribution in [3.8, 4) is 0 Å². The van der Waals surface area contributed by atoms with E-state index in [1.807, 2.05) is 51.1 Å². The number of nitrogens with zero attached hydrogens (tertiary/aromatic N) is 1. The second kappa shape index (κ2) is 13.9. The number of nitrogens with one attached hydrogen (secondary N) is 3. The molecule has 0 saturated heterocycles. The quantitative estimate of drug-likeness (QED) is 0.197. The van der Waals surface area contributed by atoms with Crippen LogP contribution in [-0.4, -0.2) is 5.71 Å². The van der Waals surface area contributed by atoms with Crippen molar-refractivity contribution in [1.29, 1.82) is 0 Å². The standard InChI is InChI=1S/C25H33FN4.C2H6/c1-10-11-24(29-20(5)26)19(4)28-22-12-14-23(15-13-22)30-21(6)27-18(3)16-17(2)25(7,8)9;1-2/h10-16,27-28,30H,3-6H2,1-2,7-9H3;1-2H3/b11-10-,17-16+,29-24+;. The summed E-state index contributed by atoms with van der Waals surface area (Å²) in [7, 11) is 0. The van der Waals surface area contributed by atoms with Gasteiger partial charge in [-0.1, -0.05) is 66.0 Å². The van der Waals surface area contributed by atoms with E-state index in [1.165, 1.54) is 5.57 Å². The summed E-state index contributed by atoms with van der Waals surface area (Å²) in [5.74, 6) is -0.155. The SMILES string of the molecule is C=C(F)/N=C(\C=C/C)C(=C)Nc1ccc(NC(=C)NC(=C)/C=C(\C)C(C)(C)C)cc1.CC. The number of rotatable bonds is 10.